The molecule has 0 saturated heterocycles. The molecule has 0 rings (SSSR count). The second kappa shape index (κ2) is 7.54. The Bertz CT molecular complexity index is 304. The summed E-state index contributed by atoms with van der Waals surface area (Å²) in [7, 11) is 0. The van der Waals surface area contributed by atoms with Crippen LogP contribution in [0.2, 0.25) is 0 Å². The highest BCUT2D eigenvalue weighted by molar-refractivity contribution is 6.01. The molecule has 6 nitrogen and oxygen atoms in total. The van der Waals surface area contributed by atoms with Gasteiger partial charge in [-0.05, 0) is 20.8 Å². The molecule has 0 aliphatic rings. The molecule has 0 unspecified atom stereocenters. The molecule has 0 spiro atoms. The van der Waals surface area contributed by atoms with Gasteiger partial charge in [-0.1, -0.05) is 6.92 Å². The third-order valence-corrected chi connectivity index (χ3v) is 1.95. The first-order valence-electron chi connectivity index (χ1n) is 5.03. The zero-order valence-corrected chi connectivity index (χ0v) is 10.4. The van der Waals surface area contributed by atoms with Gasteiger partial charge in [0, 0.05) is 6.42 Å². The number of aliphatic carboxylic acids is 2. The maximum Gasteiger partial charge on any atom is 0.316 e. The quantitative estimate of drug-likeness (QED) is 0.704. The number of ketones is 2. The highest BCUT2D eigenvalue weighted by atomic mass is 16.4. The number of carboxylic acids is 2. The Labute approximate surface area is 99.6 Å². The van der Waals surface area contributed by atoms with Gasteiger partial charge in [0.2, 0.25) is 0 Å². The molecule has 0 heterocycles. The third-order valence-electron chi connectivity index (χ3n) is 1.95. The van der Waals surface area contributed by atoms with Crippen LogP contribution in [0.3, 0.4) is 0 Å². The molecule has 0 radical (unpaired) electrons. The first-order valence-corrected chi connectivity index (χ1v) is 5.03. The van der Waals surface area contributed by atoms with Crippen molar-refractivity contribution in [3.8, 4) is 0 Å². The molecular formula is C11H18O6. The van der Waals surface area contributed by atoms with Crippen molar-refractivity contribution < 1.29 is 29.4 Å². The number of carboxylic acid groups (broad SMARTS) is 2. The average molecular weight is 246 g/mol. The summed E-state index contributed by atoms with van der Waals surface area (Å²) in [5, 5.41) is 16.4. The average Bonchev–Trinajstić information content (AvgIpc) is 2.14. The number of Topliss-reactive ketones (excluding diaryl/α,β-unsaturated/α-hetero) is 2. The Morgan fingerprint density at radius 2 is 1.47 bits per heavy atom. The van der Waals surface area contributed by atoms with E-state index in [0.29, 0.717) is 0 Å². The fraction of sp³-hybridized carbons (Fsp3) is 0.636. The van der Waals surface area contributed by atoms with Gasteiger partial charge >= 0.3 is 11.9 Å². The minimum Gasteiger partial charge on any atom is -0.481 e. The van der Waals surface area contributed by atoms with Crippen LogP contribution in [-0.2, 0) is 19.2 Å². The molecule has 0 fully saturated rings. The lowest BCUT2D eigenvalue weighted by Crippen LogP contribution is -2.32. The van der Waals surface area contributed by atoms with Crippen molar-refractivity contribution in [3.63, 3.8) is 0 Å². The Morgan fingerprint density at radius 1 is 1.06 bits per heavy atom. The minimum atomic E-state index is -1.21. The summed E-state index contributed by atoms with van der Waals surface area (Å²) in [6.07, 6.45) is -0.0840. The molecule has 0 aliphatic carbocycles. The molecule has 0 atom stereocenters. The molecule has 0 aromatic rings. The third kappa shape index (κ3) is 8.12. The van der Waals surface area contributed by atoms with E-state index in [1.165, 1.54) is 20.8 Å². The van der Waals surface area contributed by atoms with Crippen LogP contribution in [0.15, 0.2) is 0 Å². The first kappa shape index (κ1) is 17.7. The van der Waals surface area contributed by atoms with Crippen molar-refractivity contribution in [1.82, 2.24) is 0 Å². The SMILES string of the molecule is CC(=O)CC(=O)O.CCC(=O)C(C)(C)C(=O)O. The van der Waals surface area contributed by atoms with E-state index in [9.17, 15) is 19.2 Å². The number of rotatable bonds is 5. The summed E-state index contributed by atoms with van der Waals surface area (Å²) in [4.78, 5) is 40.8. The van der Waals surface area contributed by atoms with E-state index >= 15 is 0 Å². The zero-order valence-electron chi connectivity index (χ0n) is 10.4. The van der Waals surface area contributed by atoms with E-state index in [2.05, 4.69) is 0 Å². The smallest absolute Gasteiger partial charge is 0.316 e. The van der Waals surface area contributed by atoms with Gasteiger partial charge < -0.3 is 10.2 Å². The summed E-state index contributed by atoms with van der Waals surface area (Å²) in [5.41, 5.74) is -1.21. The van der Waals surface area contributed by atoms with Gasteiger partial charge in [0.1, 0.15) is 23.4 Å². The molecule has 6 heteroatoms. The summed E-state index contributed by atoms with van der Waals surface area (Å²) < 4.78 is 0. The van der Waals surface area contributed by atoms with Crippen molar-refractivity contribution in [1.29, 1.82) is 0 Å². The lowest BCUT2D eigenvalue weighted by atomic mass is 9.87. The second-order valence-electron chi connectivity index (χ2n) is 3.98. The van der Waals surface area contributed by atoms with Crippen LogP contribution in [0.1, 0.15) is 40.5 Å². The molecule has 17 heavy (non-hydrogen) atoms. The summed E-state index contributed by atoms with van der Waals surface area (Å²) in [5.74, 6) is -2.67. The predicted octanol–water partition coefficient (Wildman–Crippen LogP) is 1.13. The van der Waals surface area contributed by atoms with Crippen LogP contribution in [0, 0.1) is 5.41 Å². The molecule has 0 amide bonds. The maximum atomic E-state index is 10.9. The first-order chi connectivity index (χ1) is 7.55. The lowest BCUT2D eigenvalue weighted by Gasteiger charge is -2.15. The zero-order chi connectivity index (χ0) is 14.2. The number of carbonyl (C=O) groups excluding carboxylic acids is 2. The fourth-order valence-electron chi connectivity index (χ4n) is 0.774. The molecule has 0 aromatic heterocycles. The highest BCUT2D eigenvalue weighted by Crippen LogP contribution is 2.17. The summed E-state index contributed by atoms with van der Waals surface area (Å²) in [6, 6.07) is 0. The van der Waals surface area contributed by atoms with Crippen LogP contribution < -0.4 is 0 Å². The van der Waals surface area contributed by atoms with Crippen LogP contribution in [-0.4, -0.2) is 33.7 Å². The van der Waals surface area contributed by atoms with Gasteiger partial charge in [-0.15, -0.1) is 0 Å². The molecule has 98 valence electrons. The lowest BCUT2D eigenvalue weighted by molar-refractivity contribution is -0.152. The Kier molecular flexibility index (Phi) is 7.83. The van der Waals surface area contributed by atoms with Crippen molar-refractivity contribution in [2.75, 3.05) is 0 Å². The molecule has 0 aromatic carbocycles. The number of hydrogen-bond donors (Lipinski definition) is 2. The van der Waals surface area contributed by atoms with Crippen LogP contribution in [0.5, 0.6) is 0 Å². The molecule has 0 saturated carbocycles. The normalized spacial score (nSPS) is 9.88. The molecular weight excluding hydrogens is 228 g/mol. The molecule has 0 bridgehead atoms. The van der Waals surface area contributed by atoms with Gasteiger partial charge in [-0.3, -0.25) is 19.2 Å². The van der Waals surface area contributed by atoms with E-state index in [-0.39, 0.29) is 24.4 Å². The van der Waals surface area contributed by atoms with E-state index < -0.39 is 17.4 Å². The van der Waals surface area contributed by atoms with E-state index in [0.717, 1.165) is 0 Å². The van der Waals surface area contributed by atoms with Crippen molar-refractivity contribution >= 4 is 23.5 Å². The predicted molar refractivity (Wildman–Crippen MR) is 59.6 cm³/mol. The Balaban J connectivity index is 0. The molecule has 0 aliphatic heterocycles. The minimum absolute atomic E-state index is 0.236. The van der Waals surface area contributed by atoms with E-state index in [1.54, 1.807) is 6.92 Å². The highest BCUT2D eigenvalue weighted by Gasteiger charge is 2.33. The van der Waals surface area contributed by atoms with Gasteiger partial charge in [-0.25, -0.2) is 0 Å². The van der Waals surface area contributed by atoms with Gasteiger partial charge in [0.05, 0.1) is 0 Å². The Hall–Kier alpha value is -1.72. The van der Waals surface area contributed by atoms with Crippen LogP contribution in [0.25, 0.3) is 0 Å². The van der Waals surface area contributed by atoms with Crippen LogP contribution >= 0.6 is 0 Å². The fourth-order valence-corrected chi connectivity index (χ4v) is 0.774. The number of carbonyl (C=O) groups is 4. The summed E-state index contributed by atoms with van der Waals surface area (Å²) >= 11 is 0. The molecule has 2 N–H and O–H groups in total. The largest absolute Gasteiger partial charge is 0.481 e. The van der Waals surface area contributed by atoms with Crippen molar-refractivity contribution in [2.24, 2.45) is 5.41 Å². The Morgan fingerprint density at radius 3 is 1.53 bits per heavy atom. The maximum absolute atomic E-state index is 10.9. The standard InChI is InChI=1S/C7H12O3.C4H6O3/c1-4-5(8)7(2,3)6(9)10;1-3(5)2-4(6)7/h4H2,1-3H3,(H,9,10);2H2,1H3,(H,6,7). The van der Waals surface area contributed by atoms with E-state index in [1.807, 2.05) is 0 Å². The van der Waals surface area contributed by atoms with E-state index in [4.69, 9.17) is 10.2 Å². The van der Waals surface area contributed by atoms with Gasteiger partial charge in [0.15, 0.2) is 0 Å². The van der Waals surface area contributed by atoms with Gasteiger partial charge in [0.25, 0.3) is 0 Å². The summed E-state index contributed by atoms with van der Waals surface area (Å²) in [6.45, 7) is 5.74. The van der Waals surface area contributed by atoms with Gasteiger partial charge in [-0.2, -0.15) is 0 Å². The monoisotopic (exact) mass is 246 g/mol. The van der Waals surface area contributed by atoms with Crippen LogP contribution in [0.4, 0.5) is 0 Å². The topological polar surface area (TPSA) is 109 Å². The second-order valence-corrected chi connectivity index (χ2v) is 3.98. The van der Waals surface area contributed by atoms with Crippen molar-refractivity contribution in [2.45, 2.75) is 40.5 Å². The van der Waals surface area contributed by atoms with Crippen molar-refractivity contribution in [3.05, 3.63) is 0 Å². The number of hydrogen-bond acceptors (Lipinski definition) is 4.